The van der Waals surface area contributed by atoms with Crippen LogP contribution in [0.1, 0.15) is 32.4 Å². The van der Waals surface area contributed by atoms with Crippen LogP contribution in [-0.4, -0.2) is 25.7 Å². The third-order valence-corrected chi connectivity index (χ3v) is 2.38. The van der Waals surface area contributed by atoms with Crippen LogP contribution in [0.2, 0.25) is 0 Å². The zero-order chi connectivity index (χ0) is 12.5. The smallest absolute Gasteiger partial charge is 0.193 e. The maximum absolute atomic E-state index is 5.40. The molecule has 1 rings (SSSR count). The fourth-order valence-electron chi connectivity index (χ4n) is 1.48. The third-order valence-electron chi connectivity index (χ3n) is 2.38. The van der Waals surface area contributed by atoms with E-state index in [4.69, 9.17) is 9.47 Å². The summed E-state index contributed by atoms with van der Waals surface area (Å²) in [5.41, 5.74) is 1.19. The van der Waals surface area contributed by atoms with E-state index in [2.05, 4.69) is 24.0 Å². The Bertz CT molecular complexity index is 318. The second kappa shape index (κ2) is 7.98. The van der Waals surface area contributed by atoms with Crippen molar-refractivity contribution < 1.29 is 9.47 Å². The molecule has 0 fully saturated rings. The van der Waals surface area contributed by atoms with E-state index in [1.807, 2.05) is 32.0 Å². The summed E-state index contributed by atoms with van der Waals surface area (Å²) in [5, 5.41) is 0. The van der Waals surface area contributed by atoms with Crippen molar-refractivity contribution in [3.63, 3.8) is 0 Å². The standard InChI is InChI=1S/C14H21NO2/c1-4-16-14(17-5-2)11-15-12(3)13-9-7-6-8-10-13/h6-12,14H,4-5H2,1-3H3/t12-/m0/s1. The van der Waals surface area contributed by atoms with Crippen LogP contribution in [0.3, 0.4) is 0 Å². The first-order chi connectivity index (χ1) is 8.27. The summed E-state index contributed by atoms with van der Waals surface area (Å²) in [6.45, 7) is 7.19. The van der Waals surface area contributed by atoms with Crippen LogP contribution in [0.15, 0.2) is 35.3 Å². The monoisotopic (exact) mass is 235 g/mol. The molecule has 0 amide bonds. The molecule has 0 aromatic heterocycles. The van der Waals surface area contributed by atoms with Crippen LogP contribution >= 0.6 is 0 Å². The summed E-state index contributed by atoms with van der Waals surface area (Å²) >= 11 is 0. The van der Waals surface area contributed by atoms with Crippen molar-refractivity contribution in [3.8, 4) is 0 Å². The van der Waals surface area contributed by atoms with Gasteiger partial charge in [-0.05, 0) is 26.3 Å². The lowest BCUT2D eigenvalue weighted by Crippen LogP contribution is -2.19. The minimum absolute atomic E-state index is 0.125. The second-order valence-electron chi connectivity index (χ2n) is 3.66. The van der Waals surface area contributed by atoms with Gasteiger partial charge in [0, 0.05) is 13.2 Å². The van der Waals surface area contributed by atoms with Crippen molar-refractivity contribution in [2.75, 3.05) is 13.2 Å². The van der Waals surface area contributed by atoms with E-state index in [0.717, 1.165) is 0 Å². The zero-order valence-corrected chi connectivity index (χ0v) is 10.8. The Labute approximate surface area is 103 Å². The molecule has 0 bridgehead atoms. The molecule has 0 saturated carbocycles. The fraction of sp³-hybridized carbons (Fsp3) is 0.500. The first-order valence-electron chi connectivity index (χ1n) is 6.09. The van der Waals surface area contributed by atoms with Crippen LogP contribution in [0, 0.1) is 0 Å². The van der Waals surface area contributed by atoms with Crippen molar-refractivity contribution in [1.29, 1.82) is 0 Å². The number of hydrogen-bond donors (Lipinski definition) is 0. The summed E-state index contributed by atoms with van der Waals surface area (Å²) in [6, 6.07) is 10.3. The Kier molecular flexibility index (Phi) is 6.51. The average Bonchev–Trinajstić information content (AvgIpc) is 2.37. The molecule has 1 aromatic rings. The second-order valence-corrected chi connectivity index (χ2v) is 3.66. The van der Waals surface area contributed by atoms with Crippen molar-refractivity contribution in [3.05, 3.63) is 35.9 Å². The molecule has 0 unspecified atom stereocenters. The predicted octanol–water partition coefficient (Wildman–Crippen LogP) is 3.22. The van der Waals surface area contributed by atoms with Crippen molar-refractivity contribution >= 4 is 6.21 Å². The molecule has 0 aliphatic carbocycles. The quantitative estimate of drug-likeness (QED) is 0.536. The number of ether oxygens (including phenoxy) is 2. The van der Waals surface area contributed by atoms with E-state index < -0.39 is 0 Å². The van der Waals surface area contributed by atoms with Gasteiger partial charge in [-0.15, -0.1) is 0 Å². The predicted molar refractivity (Wildman–Crippen MR) is 70.4 cm³/mol. The minimum atomic E-state index is -0.337. The van der Waals surface area contributed by atoms with Gasteiger partial charge in [-0.1, -0.05) is 30.3 Å². The Morgan fingerprint density at radius 2 is 1.71 bits per heavy atom. The molecular formula is C14H21NO2. The van der Waals surface area contributed by atoms with Gasteiger partial charge >= 0.3 is 0 Å². The molecule has 3 heteroatoms. The van der Waals surface area contributed by atoms with E-state index in [0.29, 0.717) is 13.2 Å². The number of benzene rings is 1. The minimum Gasteiger partial charge on any atom is -0.348 e. The van der Waals surface area contributed by atoms with E-state index in [-0.39, 0.29) is 12.3 Å². The lowest BCUT2D eigenvalue weighted by Gasteiger charge is -2.13. The molecule has 0 spiro atoms. The number of hydrogen-bond acceptors (Lipinski definition) is 3. The molecule has 0 heterocycles. The van der Waals surface area contributed by atoms with Gasteiger partial charge in [-0.3, -0.25) is 4.99 Å². The Hall–Kier alpha value is -1.19. The summed E-state index contributed by atoms with van der Waals surface area (Å²) in [7, 11) is 0. The van der Waals surface area contributed by atoms with E-state index in [1.54, 1.807) is 6.21 Å². The normalized spacial score (nSPS) is 13.4. The van der Waals surface area contributed by atoms with Crippen LogP contribution in [0.4, 0.5) is 0 Å². The summed E-state index contributed by atoms with van der Waals surface area (Å²) in [5.74, 6) is 0. The van der Waals surface area contributed by atoms with Gasteiger partial charge in [-0.25, -0.2) is 0 Å². The van der Waals surface area contributed by atoms with E-state index >= 15 is 0 Å². The highest BCUT2D eigenvalue weighted by Gasteiger charge is 2.05. The van der Waals surface area contributed by atoms with Crippen LogP contribution in [0.25, 0.3) is 0 Å². The van der Waals surface area contributed by atoms with E-state index in [1.165, 1.54) is 5.56 Å². The lowest BCUT2D eigenvalue weighted by atomic mass is 10.1. The van der Waals surface area contributed by atoms with Crippen molar-refractivity contribution in [1.82, 2.24) is 0 Å². The molecule has 0 N–H and O–H groups in total. The van der Waals surface area contributed by atoms with Crippen molar-refractivity contribution in [2.45, 2.75) is 33.1 Å². The summed E-state index contributed by atoms with van der Waals surface area (Å²) in [6.07, 6.45) is 1.40. The maximum atomic E-state index is 5.40. The molecule has 1 atom stereocenters. The fourth-order valence-corrected chi connectivity index (χ4v) is 1.48. The molecule has 1 aromatic carbocycles. The van der Waals surface area contributed by atoms with Gasteiger partial charge in [0.1, 0.15) is 0 Å². The number of aliphatic imine (C=N–C) groups is 1. The highest BCUT2D eigenvalue weighted by molar-refractivity contribution is 5.61. The molecule has 0 radical (unpaired) electrons. The van der Waals surface area contributed by atoms with Gasteiger partial charge in [0.05, 0.1) is 12.3 Å². The molecule has 94 valence electrons. The van der Waals surface area contributed by atoms with E-state index in [9.17, 15) is 0 Å². The topological polar surface area (TPSA) is 30.8 Å². The van der Waals surface area contributed by atoms with Crippen molar-refractivity contribution in [2.24, 2.45) is 4.99 Å². The maximum Gasteiger partial charge on any atom is 0.193 e. The molecule has 17 heavy (non-hydrogen) atoms. The van der Waals surface area contributed by atoms with Gasteiger partial charge < -0.3 is 9.47 Å². The molecule has 0 saturated heterocycles. The summed E-state index contributed by atoms with van der Waals surface area (Å²) < 4.78 is 10.8. The Balaban J connectivity index is 2.56. The molecule has 0 aliphatic rings. The first-order valence-corrected chi connectivity index (χ1v) is 6.09. The highest BCUT2D eigenvalue weighted by Crippen LogP contribution is 2.15. The summed E-state index contributed by atoms with van der Waals surface area (Å²) in [4.78, 5) is 4.46. The molecule has 3 nitrogen and oxygen atoms in total. The van der Waals surface area contributed by atoms with Crippen LogP contribution < -0.4 is 0 Å². The third kappa shape index (κ3) is 5.11. The first kappa shape index (κ1) is 13.9. The van der Waals surface area contributed by atoms with Gasteiger partial charge in [0.2, 0.25) is 0 Å². The highest BCUT2D eigenvalue weighted by atomic mass is 16.7. The van der Waals surface area contributed by atoms with Gasteiger partial charge in [0.15, 0.2) is 6.29 Å². The Morgan fingerprint density at radius 3 is 2.24 bits per heavy atom. The molecular weight excluding hydrogens is 214 g/mol. The van der Waals surface area contributed by atoms with Gasteiger partial charge in [0.25, 0.3) is 0 Å². The van der Waals surface area contributed by atoms with Crippen LogP contribution in [-0.2, 0) is 9.47 Å². The largest absolute Gasteiger partial charge is 0.348 e. The Morgan fingerprint density at radius 1 is 1.12 bits per heavy atom. The zero-order valence-electron chi connectivity index (χ0n) is 10.8. The lowest BCUT2D eigenvalue weighted by molar-refractivity contribution is -0.0869. The van der Waals surface area contributed by atoms with Crippen LogP contribution in [0.5, 0.6) is 0 Å². The average molecular weight is 235 g/mol. The SMILES string of the molecule is CCOC(C=N[C@@H](C)c1ccccc1)OCC. The number of nitrogens with zero attached hydrogens (tertiary/aromatic N) is 1. The number of rotatable bonds is 7. The van der Waals surface area contributed by atoms with Gasteiger partial charge in [-0.2, -0.15) is 0 Å². The molecule has 0 aliphatic heterocycles.